The van der Waals surface area contributed by atoms with Gasteiger partial charge in [-0.05, 0) is 49.6 Å². The van der Waals surface area contributed by atoms with Gasteiger partial charge in [0, 0.05) is 11.7 Å². The normalized spacial score (nSPS) is 15.9. The smallest absolute Gasteiger partial charge is 0.311 e. The van der Waals surface area contributed by atoms with Gasteiger partial charge in [0.25, 0.3) is 5.91 Å². The number of ether oxygens (including phenoxy) is 4. The molecule has 0 unspecified atom stereocenters. The van der Waals surface area contributed by atoms with E-state index in [9.17, 15) is 9.59 Å². The van der Waals surface area contributed by atoms with Gasteiger partial charge in [-0.15, -0.1) is 0 Å². The second-order valence-corrected chi connectivity index (χ2v) is 7.23. The van der Waals surface area contributed by atoms with Crippen molar-refractivity contribution < 1.29 is 28.5 Å². The van der Waals surface area contributed by atoms with E-state index in [0.29, 0.717) is 22.8 Å². The number of anilines is 1. The molecule has 2 atom stereocenters. The zero-order chi connectivity index (χ0) is 21.8. The molecule has 1 amide bonds. The minimum Gasteiger partial charge on any atom is -0.493 e. The largest absolute Gasteiger partial charge is 0.493 e. The molecule has 0 aromatic heterocycles. The molecule has 3 rings (SSSR count). The molecule has 1 aliphatic rings. The van der Waals surface area contributed by atoms with Gasteiger partial charge in [0.15, 0.2) is 17.6 Å². The van der Waals surface area contributed by atoms with Crippen LogP contribution in [0.2, 0.25) is 0 Å². The van der Waals surface area contributed by atoms with Crippen LogP contribution in [0.5, 0.6) is 17.2 Å². The zero-order valence-corrected chi connectivity index (χ0v) is 17.9. The van der Waals surface area contributed by atoms with Crippen molar-refractivity contribution in [2.45, 2.75) is 38.8 Å². The summed E-state index contributed by atoms with van der Waals surface area (Å²) >= 11 is 0. The van der Waals surface area contributed by atoms with E-state index in [4.69, 9.17) is 18.9 Å². The molecule has 0 saturated heterocycles. The predicted octanol–water partition coefficient (Wildman–Crippen LogP) is 3.16. The van der Waals surface area contributed by atoms with Crippen LogP contribution in [-0.2, 0) is 27.2 Å². The third-order valence-electron chi connectivity index (χ3n) is 5.17. The number of rotatable bonds is 7. The average Bonchev–Trinajstić information content (AvgIpc) is 3.07. The molecule has 2 aromatic carbocycles. The molecule has 7 nitrogen and oxygen atoms in total. The molecule has 0 radical (unpaired) electrons. The van der Waals surface area contributed by atoms with Gasteiger partial charge in [0.2, 0.25) is 5.75 Å². The van der Waals surface area contributed by atoms with E-state index in [2.05, 4.69) is 0 Å². The summed E-state index contributed by atoms with van der Waals surface area (Å²) in [4.78, 5) is 27.2. The maximum absolute atomic E-state index is 13.0. The van der Waals surface area contributed by atoms with E-state index in [1.165, 1.54) is 21.3 Å². The maximum atomic E-state index is 13.0. The molecule has 7 heteroatoms. The summed E-state index contributed by atoms with van der Waals surface area (Å²) < 4.78 is 21.4. The van der Waals surface area contributed by atoms with Crippen LogP contribution in [0.3, 0.4) is 0 Å². The first kappa shape index (κ1) is 21.5. The monoisotopic (exact) mass is 413 g/mol. The number of para-hydroxylation sites is 1. The van der Waals surface area contributed by atoms with E-state index in [1.54, 1.807) is 24.0 Å². The number of nitrogens with zero attached hydrogens (tertiary/aromatic N) is 1. The lowest BCUT2D eigenvalue weighted by molar-refractivity contribution is -0.153. The van der Waals surface area contributed by atoms with Crippen molar-refractivity contribution in [3.05, 3.63) is 47.5 Å². The summed E-state index contributed by atoms with van der Waals surface area (Å²) in [5.41, 5.74) is 2.63. The highest BCUT2D eigenvalue weighted by Crippen LogP contribution is 2.38. The Hall–Kier alpha value is -3.22. The second kappa shape index (κ2) is 9.07. The molecule has 0 saturated carbocycles. The quantitative estimate of drug-likeness (QED) is 0.649. The molecule has 1 aliphatic heterocycles. The third-order valence-corrected chi connectivity index (χ3v) is 5.17. The fraction of sp³-hybridized carbons (Fsp3) is 0.391. The van der Waals surface area contributed by atoms with Crippen LogP contribution in [0, 0.1) is 0 Å². The summed E-state index contributed by atoms with van der Waals surface area (Å²) in [6.45, 7) is 3.59. The highest BCUT2D eigenvalue weighted by molar-refractivity contribution is 5.99. The predicted molar refractivity (Wildman–Crippen MR) is 112 cm³/mol. The standard InChI is InChI=1S/C23H27NO6/c1-14-10-17-8-6-7-9-18(17)24(14)23(26)15(2)30-21(25)13-16-11-19(27-3)22(29-5)20(12-16)28-4/h6-9,11-12,14-15H,10,13H2,1-5H3/t14-,15+/m1/s1. The Kier molecular flexibility index (Phi) is 6.50. The van der Waals surface area contributed by atoms with Crippen LogP contribution in [0.25, 0.3) is 0 Å². The van der Waals surface area contributed by atoms with Gasteiger partial charge in [0.1, 0.15) is 0 Å². The Bertz CT molecular complexity index is 916. The number of carbonyl (C=O) groups excluding carboxylic acids is 2. The van der Waals surface area contributed by atoms with Crippen molar-refractivity contribution >= 4 is 17.6 Å². The first-order valence-electron chi connectivity index (χ1n) is 9.78. The minimum absolute atomic E-state index is 0.0196. The number of esters is 1. The molecular weight excluding hydrogens is 386 g/mol. The van der Waals surface area contributed by atoms with Crippen LogP contribution >= 0.6 is 0 Å². The average molecular weight is 413 g/mol. The lowest BCUT2D eigenvalue weighted by Crippen LogP contribution is -2.43. The Morgan fingerprint density at radius 3 is 2.30 bits per heavy atom. The van der Waals surface area contributed by atoms with Crippen molar-refractivity contribution in [2.75, 3.05) is 26.2 Å². The Balaban J connectivity index is 1.70. The molecule has 160 valence electrons. The van der Waals surface area contributed by atoms with Gasteiger partial charge in [-0.2, -0.15) is 0 Å². The van der Waals surface area contributed by atoms with Crippen molar-refractivity contribution in [2.24, 2.45) is 0 Å². The van der Waals surface area contributed by atoms with E-state index in [-0.39, 0.29) is 18.4 Å². The first-order chi connectivity index (χ1) is 14.4. The molecule has 0 spiro atoms. The van der Waals surface area contributed by atoms with Gasteiger partial charge in [-0.1, -0.05) is 18.2 Å². The third kappa shape index (κ3) is 4.20. The topological polar surface area (TPSA) is 74.3 Å². The molecule has 0 N–H and O–H groups in total. The van der Waals surface area contributed by atoms with E-state index in [1.807, 2.05) is 31.2 Å². The highest BCUT2D eigenvalue weighted by atomic mass is 16.5. The molecule has 0 aliphatic carbocycles. The minimum atomic E-state index is -0.895. The van der Waals surface area contributed by atoms with Crippen LogP contribution in [0.15, 0.2) is 36.4 Å². The molecule has 0 bridgehead atoms. The second-order valence-electron chi connectivity index (χ2n) is 7.23. The summed E-state index contributed by atoms with van der Waals surface area (Å²) in [7, 11) is 4.53. The van der Waals surface area contributed by atoms with E-state index in [0.717, 1.165) is 17.7 Å². The molecular formula is C23H27NO6. The highest BCUT2D eigenvalue weighted by Gasteiger charge is 2.34. The number of methoxy groups -OCH3 is 3. The number of fused-ring (bicyclic) bond motifs is 1. The molecule has 0 fully saturated rings. The SMILES string of the molecule is COc1cc(CC(=O)O[C@@H](C)C(=O)N2c3ccccc3C[C@H]2C)cc(OC)c1OC. The zero-order valence-electron chi connectivity index (χ0n) is 17.9. The number of benzene rings is 2. The first-order valence-corrected chi connectivity index (χ1v) is 9.78. The number of hydrogen-bond acceptors (Lipinski definition) is 6. The number of carbonyl (C=O) groups is 2. The van der Waals surface area contributed by atoms with Crippen LogP contribution < -0.4 is 19.1 Å². The summed E-state index contributed by atoms with van der Waals surface area (Å²) in [5, 5.41) is 0. The van der Waals surface area contributed by atoms with Crippen LogP contribution in [-0.4, -0.2) is 45.4 Å². The van der Waals surface area contributed by atoms with Crippen molar-refractivity contribution in [3.63, 3.8) is 0 Å². The van der Waals surface area contributed by atoms with Gasteiger partial charge >= 0.3 is 5.97 Å². The van der Waals surface area contributed by atoms with Crippen molar-refractivity contribution in [3.8, 4) is 17.2 Å². The van der Waals surface area contributed by atoms with E-state index < -0.39 is 12.1 Å². The Labute approximate surface area is 176 Å². The molecule has 2 aromatic rings. The van der Waals surface area contributed by atoms with E-state index >= 15 is 0 Å². The fourth-order valence-corrected chi connectivity index (χ4v) is 3.79. The van der Waals surface area contributed by atoms with Gasteiger partial charge < -0.3 is 23.8 Å². The van der Waals surface area contributed by atoms with Gasteiger partial charge in [0.05, 0.1) is 27.8 Å². The summed E-state index contributed by atoms with van der Waals surface area (Å²) in [6, 6.07) is 11.2. The van der Waals surface area contributed by atoms with Crippen molar-refractivity contribution in [1.82, 2.24) is 0 Å². The van der Waals surface area contributed by atoms with Crippen molar-refractivity contribution in [1.29, 1.82) is 0 Å². The maximum Gasteiger partial charge on any atom is 0.311 e. The number of hydrogen-bond donors (Lipinski definition) is 0. The molecule has 1 heterocycles. The molecule has 30 heavy (non-hydrogen) atoms. The van der Waals surface area contributed by atoms with Gasteiger partial charge in [-0.25, -0.2) is 0 Å². The summed E-state index contributed by atoms with van der Waals surface area (Å²) in [5.74, 6) is 0.607. The van der Waals surface area contributed by atoms with Crippen LogP contribution in [0.4, 0.5) is 5.69 Å². The lowest BCUT2D eigenvalue weighted by Gasteiger charge is -2.26. The van der Waals surface area contributed by atoms with Gasteiger partial charge in [-0.3, -0.25) is 9.59 Å². The number of amides is 1. The van der Waals surface area contributed by atoms with Crippen LogP contribution in [0.1, 0.15) is 25.0 Å². The Morgan fingerprint density at radius 1 is 1.07 bits per heavy atom. The fourth-order valence-electron chi connectivity index (χ4n) is 3.79. The Morgan fingerprint density at radius 2 is 1.70 bits per heavy atom. The summed E-state index contributed by atoms with van der Waals surface area (Å²) in [6.07, 6.45) is -0.137. The lowest BCUT2D eigenvalue weighted by atomic mass is 10.1.